The summed E-state index contributed by atoms with van der Waals surface area (Å²) in [5.41, 5.74) is 1.84. The van der Waals surface area contributed by atoms with Crippen molar-refractivity contribution in [2.24, 2.45) is 0 Å². The van der Waals surface area contributed by atoms with Crippen LogP contribution in [-0.4, -0.2) is 7.11 Å². The molecule has 0 unspecified atom stereocenters. The van der Waals surface area contributed by atoms with Gasteiger partial charge in [-0.3, -0.25) is 0 Å². The molecule has 0 saturated heterocycles. The van der Waals surface area contributed by atoms with E-state index in [2.05, 4.69) is 21.2 Å². The molecule has 0 radical (unpaired) electrons. The Labute approximate surface area is 130 Å². The quantitative estimate of drug-likeness (QED) is 0.790. The molecular weight excluding hydrogens is 349 g/mol. The highest BCUT2D eigenvalue weighted by Crippen LogP contribution is 2.28. The number of hydrogen-bond acceptors (Lipinski definition) is 2. The van der Waals surface area contributed by atoms with Crippen molar-refractivity contribution in [3.63, 3.8) is 0 Å². The lowest BCUT2D eigenvalue weighted by molar-refractivity contribution is 0.410. The van der Waals surface area contributed by atoms with Crippen LogP contribution < -0.4 is 10.1 Å². The summed E-state index contributed by atoms with van der Waals surface area (Å²) < 4.78 is 6.32. The Kier molecular flexibility index (Phi) is 4.97. The number of anilines is 1. The largest absolute Gasteiger partial charge is 0.496 e. The number of halogens is 3. The average Bonchev–Trinajstić information content (AvgIpc) is 2.40. The average molecular weight is 361 g/mol. The van der Waals surface area contributed by atoms with Gasteiger partial charge in [0.05, 0.1) is 17.8 Å². The minimum Gasteiger partial charge on any atom is -0.496 e. The van der Waals surface area contributed by atoms with Crippen LogP contribution in [0.4, 0.5) is 5.69 Å². The molecule has 2 nitrogen and oxygen atoms in total. The van der Waals surface area contributed by atoms with Crippen LogP contribution >= 0.6 is 39.1 Å². The molecule has 0 heterocycles. The molecule has 5 heteroatoms. The third kappa shape index (κ3) is 3.78. The summed E-state index contributed by atoms with van der Waals surface area (Å²) in [7, 11) is 1.65. The minimum atomic E-state index is 0.600. The normalized spacial score (nSPS) is 10.3. The summed E-state index contributed by atoms with van der Waals surface area (Å²) in [6.45, 7) is 0.600. The maximum Gasteiger partial charge on any atom is 0.123 e. The van der Waals surface area contributed by atoms with Crippen molar-refractivity contribution >= 4 is 44.8 Å². The number of hydrogen-bond donors (Lipinski definition) is 1. The van der Waals surface area contributed by atoms with Crippen LogP contribution in [0.15, 0.2) is 40.9 Å². The van der Waals surface area contributed by atoms with Gasteiger partial charge in [0.1, 0.15) is 5.75 Å². The van der Waals surface area contributed by atoms with Crippen molar-refractivity contribution in [2.75, 3.05) is 12.4 Å². The molecule has 0 aromatic heterocycles. The Balaban J connectivity index is 2.18. The van der Waals surface area contributed by atoms with Gasteiger partial charge in [-0.25, -0.2) is 0 Å². The summed E-state index contributed by atoms with van der Waals surface area (Å²) in [4.78, 5) is 0. The van der Waals surface area contributed by atoms with Crippen LogP contribution in [0.25, 0.3) is 0 Å². The van der Waals surface area contributed by atoms with E-state index in [0.717, 1.165) is 21.5 Å². The van der Waals surface area contributed by atoms with Crippen LogP contribution in [0.5, 0.6) is 5.75 Å². The molecule has 19 heavy (non-hydrogen) atoms. The molecule has 0 fully saturated rings. The predicted molar refractivity (Wildman–Crippen MR) is 84.5 cm³/mol. The fourth-order valence-electron chi connectivity index (χ4n) is 1.71. The molecule has 0 saturated carbocycles. The first-order valence-corrected chi connectivity index (χ1v) is 7.16. The van der Waals surface area contributed by atoms with Crippen LogP contribution in [0.3, 0.4) is 0 Å². The second kappa shape index (κ2) is 6.51. The Morgan fingerprint density at radius 1 is 1.16 bits per heavy atom. The van der Waals surface area contributed by atoms with E-state index in [1.165, 1.54) is 0 Å². The molecule has 0 aliphatic carbocycles. The Morgan fingerprint density at radius 2 is 1.95 bits per heavy atom. The first kappa shape index (κ1) is 14.5. The van der Waals surface area contributed by atoms with Crippen molar-refractivity contribution in [3.8, 4) is 5.75 Å². The zero-order valence-corrected chi connectivity index (χ0v) is 13.3. The first-order valence-electron chi connectivity index (χ1n) is 5.61. The lowest BCUT2D eigenvalue weighted by Gasteiger charge is -2.12. The maximum absolute atomic E-state index is 6.11. The zero-order chi connectivity index (χ0) is 13.8. The first-order chi connectivity index (χ1) is 9.10. The van der Waals surface area contributed by atoms with E-state index in [0.29, 0.717) is 16.6 Å². The molecule has 0 amide bonds. The van der Waals surface area contributed by atoms with Gasteiger partial charge in [0.2, 0.25) is 0 Å². The highest BCUT2D eigenvalue weighted by molar-refractivity contribution is 9.10. The number of nitrogens with one attached hydrogen (secondary N) is 1. The smallest absolute Gasteiger partial charge is 0.123 e. The van der Waals surface area contributed by atoms with Gasteiger partial charge in [-0.2, -0.15) is 0 Å². The van der Waals surface area contributed by atoms with Gasteiger partial charge < -0.3 is 10.1 Å². The van der Waals surface area contributed by atoms with Crippen LogP contribution in [0, 0.1) is 0 Å². The van der Waals surface area contributed by atoms with Gasteiger partial charge in [0.25, 0.3) is 0 Å². The fourth-order valence-corrected chi connectivity index (χ4v) is 2.47. The maximum atomic E-state index is 6.11. The summed E-state index contributed by atoms with van der Waals surface area (Å²) in [5, 5.41) is 4.54. The number of ether oxygens (including phenoxy) is 1. The molecule has 0 bridgehead atoms. The molecule has 100 valence electrons. The second-order valence-corrected chi connectivity index (χ2v) is 5.69. The minimum absolute atomic E-state index is 0.600. The molecule has 0 atom stereocenters. The number of benzene rings is 2. The Morgan fingerprint density at radius 3 is 2.68 bits per heavy atom. The third-order valence-corrected chi connectivity index (χ3v) is 3.70. The highest BCUT2D eigenvalue weighted by Gasteiger charge is 2.06. The van der Waals surface area contributed by atoms with Crippen molar-refractivity contribution in [3.05, 3.63) is 56.5 Å². The molecule has 0 aliphatic heterocycles. The van der Waals surface area contributed by atoms with Crippen LogP contribution in [0.1, 0.15) is 5.56 Å². The Bertz CT molecular complexity index is 590. The monoisotopic (exact) mass is 359 g/mol. The van der Waals surface area contributed by atoms with E-state index in [1.54, 1.807) is 25.3 Å². The van der Waals surface area contributed by atoms with E-state index >= 15 is 0 Å². The third-order valence-electron chi connectivity index (χ3n) is 2.64. The van der Waals surface area contributed by atoms with E-state index in [4.69, 9.17) is 27.9 Å². The van der Waals surface area contributed by atoms with E-state index in [1.807, 2.05) is 18.2 Å². The van der Waals surface area contributed by atoms with Crippen LogP contribution in [-0.2, 0) is 6.54 Å². The summed E-state index contributed by atoms with van der Waals surface area (Å²) in [6, 6.07) is 11.2. The molecule has 2 rings (SSSR count). The van der Waals surface area contributed by atoms with Crippen molar-refractivity contribution in [1.29, 1.82) is 0 Å². The lowest BCUT2D eigenvalue weighted by Crippen LogP contribution is -2.02. The Hall–Kier alpha value is -0.900. The summed E-state index contributed by atoms with van der Waals surface area (Å²) >= 11 is 15.5. The highest BCUT2D eigenvalue weighted by atomic mass is 79.9. The topological polar surface area (TPSA) is 21.3 Å². The van der Waals surface area contributed by atoms with E-state index < -0.39 is 0 Å². The van der Waals surface area contributed by atoms with Crippen molar-refractivity contribution in [1.82, 2.24) is 0 Å². The standard InChI is InChI=1S/C14H12BrCl2NO/c1-19-14-5-2-10(15)6-9(14)8-18-13-7-11(16)3-4-12(13)17/h2-7,18H,8H2,1H3. The number of methoxy groups -OCH3 is 1. The molecule has 2 aromatic carbocycles. The van der Waals surface area contributed by atoms with Crippen molar-refractivity contribution < 1.29 is 4.74 Å². The zero-order valence-electron chi connectivity index (χ0n) is 10.2. The molecular formula is C14H12BrCl2NO. The lowest BCUT2D eigenvalue weighted by atomic mass is 10.2. The van der Waals surface area contributed by atoms with Crippen molar-refractivity contribution in [2.45, 2.75) is 6.54 Å². The molecule has 0 spiro atoms. The van der Waals surface area contributed by atoms with E-state index in [9.17, 15) is 0 Å². The molecule has 2 aromatic rings. The van der Waals surface area contributed by atoms with Crippen LogP contribution in [0.2, 0.25) is 10.0 Å². The van der Waals surface area contributed by atoms with Gasteiger partial charge in [-0.15, -0.1) is 0 Å². The summed E-state index contributed by atoms with van der Waals surface area (Å²) in [5.74, 6) is 0.828. The summed E-state index contributed by atoms with van der Waals surface area (Å²) in [6.07, 6.45) is 0. The second-order valence-electron chi connectivity index (χ2n) is 3.93. The molecule has 1 N–H and O–H groups in total. The van der Waals surface area contributed by atoms with Gasteiger partial charge >= 0.3 is 0 Å². The van der Waals surface area contributed by atoms with Gasteiger partial charge in [0, 0.05) is 21.6 Å². The van der Waals surface area contributed by atoms with Gasteiger partial charge in [-0.1, -0.05) is 39.1 Å². The number of rotatable bonds is 4. The van der Waals surface area contributed by atoms with Gasteiger partial charge in [-0.05, 0) is 36.4 Å². The SMILES string of the molecule is COc1ccc(Br)cc1CNc1cc(Cl)ccc1Cl. The predicted octanol–water partition coefficient (Wildman–Crippen LogP) is 5.38. The fraction of sp³-hybridized carbons (Fsp3) is 0.143. The molecule has 0 aliphatic rings. The van der Waals surface area contributed by atoms with Gasteiger partial charge in [0.15, 0.2) is 0 Å². The van der Waals surface area contributed by atoms with E-state index in [-0.39, 0.29) is 0 Å².